The fourth-order valence-corrected chi connectivity index (χ4v) is 5.17. The quantitative estimate of drug-likeness (QED) is 0.416. The number of hydrogen-bond acceptors (Lipinski definition) is 6. The van der Waals surface area contributed by atoms with Crippen LogP contribution in [0.5, 0.6) is 0 Å². The number of tetrazole rings is 1. The number of H-pyrrole nitrogens is 2. The second-order valence-electron chi connectivity index (χ2n) is 10.3. The standard InChI is InChI=1S/C27H30N6O2/c1-4-21-17-28-24(29-21)23(34)15-19-5-6-20(16-22(19)18-7-9-26(2,3)10-8-18)27(11-13-35-14-12-27)25-30-32-33-31-25/h1,5-7,16-17H,8-15H2,2-3H3,(H,28,29)(H,30,31,32,33). The van der Waals surface area contributed by atoms with Gasteiger partial charge in [-0.25, -0.2) is 4.98 Å². The van der Waals surface area contributed by atoms with Gasteiger partial charge < -0.3 is 9.72 Å². The van der Waals surface area contributed by atoms with Gasteiger partial charge in [0.15, 0.2) is 11.6 Å². The first-order valence-electron chi connectivity index (χ1n) is 12.1. The monoisotopic (exact) mass is 470 g/mol. The van der Waals surface area contributed by atoms with Gasteiger partial charge in [0.05, 0.1) is 11.6 Å². The van der Waals surface area contributed by atoms with Crippen molar-refractivity contribution in [3.05, 3.63) is 64.5 Å². The Kier molecular flexibility index (Phi) is 6.12. The first kappa shape index (κ1) is 23.2. The second kappa shape index (κ2) is 9.23. The molecule has 1 aliphatic heterocycles. The molecule has 0 unspecified atom stereocenters. The summed E-state index contributed by atoms with van der Waals surface area (Å²) >= 11 is 0. The summed E-state index contributed by atoms with van der Waals surface area (Å²) in [6.07, 6.45) is 14.2. The van der Waals surface area contributed by atoms with Gasteiger partial charge in [0, 0.05) is 19.6 Å². The van der Waals surface area contributed by atoms with Crippen molar-refractivity contribution in [3.8, 4) is 12.3 Å². The number of ether oxygens (including phenoxy) is 1. The summed E-state index contributed by atoms with van der Waals surface area (Å²) in [4.78, 5) is 20.2. The molecule has 1 aromatic carbocycles. The van der Waals surface area contributed by atoms with Gasteiger partial charge in [-0.05, 0) is 59.8 Å². The Hall–Kier alpha value is -3.57. The lowest BCUT2D eigenvalue weighted by atomic mass is 9.71. The van der Waals surface area contributed by atoms with Crippen LogP contribution in [0.2, 0.25) is 0 Å². The van der Waals surface area contributed by atoms with E-state index in [1.165, 1.54) is 11.8 Å². The molecule has 180 valence electrons. The summed E-state index contributed by atoms with van der Waals surface area (Å²) in [6.45, 7) is 5.87. The summed E-state index contributed by atoms with van der Waals surface area (Å²) in [6, 6.07) is 6.42. The number of terminal acetylenes is 1. The Labute approximate surface area is 205 Å². The molecule has 0 spiro atoms. The van der Waals surface area contributed by atoms with Crippen molar-refractivity contribution in [2.24, 2.45) is 5.41 Å². The number of aromatic amines is 2. The Morgan fingerprint density at radius 2 is 2.06 bits per heavy atom. The van der Waals surface area contributed by atoms with E-state index in [0.717, 1.165) is 48.8 Å². The van der Waals surface area contributed by atoms with Crippen LogP contribution >= 0.6 is 0 Å². The largest absolute Gasteiger partial charge is 0.381 e. The molecular weight excluding hydrogens is 440 g/mol. The molecule has 3 aromatic rings. The van der Waals surface area contributed by atoms with Crippen molar-refractivity contribution in [1.29, 1.82) is 0 Å². The van der Waals surface area contributed by atoms with Gasteiger partial charge in [0.25, 0.3) is 0 Å². The summed E-state index contributed by atoms with van der Waals surface area (Å²) < 4.78 is 5.68. The SMILES string of the molecule is C#Cc1cnc(C(=O)Cc2ccc(C3(c4nn[nH]n4)CCOCC3)cc2C2=CCC(C)(C)CC2)[nH]1. The van der Waals surface area contributed by atoms with Gasteiger partial charge in [0.1, 0.15) is 5.69 Å². The third-order valence-corrected chi connectivity index (χ3v) is 7.45. The zero-order valence-electron chi connectivity index (χ0n) is 20.2. The molecule has 8 heteroatoms. The summed E-state index contributed by atoms with van der Waals surface area (Å²) in [5.41, 5.74) is 4.93. The minimum Gasteiger partial charge on any atom is -0.381 e. The van der Waals surface area contributed by atoms with Crippen molar-refractivity contribution < 1.29 is 9.53 Å². The number of carbonyl (C=O) groups excluding carboxylic acids is 1. The number of ketones is 1. The predicted molar refractivity (Wildman–Crippen MR) is 132 cm³/mol. The highest BCUT2D eigenvalue weighted by molar-refractivity contribution is 5.95. The van der Waals surface area contributed by atoms with E-state index < -0.39 is 0 Å². The lowest BCUT2D eigenvalue weighted by Gasteiger charge is -2.36. The molecule has 0 radical (unpaired) electrons. The van der Waals surface area contributed by atoms with Crippen LogP contribution in [0.3, 0.4) is 0 Å². The van der Waals surface area contributed by atoms with Gasteiger partial charge >= 0.3 is 0 Å². The number of hydrogen-bond donors (Lipinski definition) is 2. The second-order valence-corrected chi connectivity index (χ2v) is 10.3. The van der Waals surface area contributed by atoms with Crippen LogP contribution < -0.4 is 0 Å². The van der Waals surface area contributed by atoms with E-state index in [1.807, 2.05) is 0 Å². The van der Waals surface area contributed by atoms with E-state index in [1.54, 1.807) is 0 Å². The van der Waals surface area contributed by atoms with E-state index in [0.29, 0.717) is 30.6 Å². The van der Waals surface area contributed by atoms with E-state index in [9.17, 15) is 4.79 Å². The van der Waals surface area contributed by atoms with Crippen molar-refractivity contribution in [3.63, 3.8) is 0 Å². The number of nitrogens with zero attached hydrogens (tertiary/aromatic N) is 4. The highest BCUT2D eigenvalue weighted by Gasteiger charge is 2.40. The minimum atomic E-state index is -0.375. The summed E-state index contributed by atoms with van der Waals surface area (Å²) in [5, 5.41) is 15.2. The number of Topliss-reactive ketones (excluding diaryl/α,β-unsaturated/α-hetero) is 1. The average Bonchev–Trinajstić information content (AvgIpc) is 3.58. The Morgan fingerprint density at radius 3 is 2.71 bits per heavy atom. The Balaban J connectivity index is 1.56. The molecule has 2 aromatic heterocycles. The van der Waals surface area contributed by atoms with Crippen LogP contribution in [0.25, 0.3) is 5.57 Å². The zero-order chi connectivity index (χ0) is 24.5. The van der Waals surface area contributed by atoms with Gasteiger partial charge in [-0.2, -0.15) is 5.21 Å². The smallest absolute Gasteiger partial charge is 0.202 e. The number of carbonyl (C=O) groups is 1. The zero-order valence-corrected chi connectivity index (χ0v) is 20.2. The van der Waals surface area contributed by atoms with Gasteiger partial charge in [-0.15, -0.1) is 16.6 Å². The minimum absolute atomic E-state index is 0.0869. The molecule has 2 aliphatic rings. The maximum atomic E-state index is 13.1. The number of rotatable bonds is 6. The third kappa shape index (κ3) is 4.56. The first-order valence-corrected chi connectivity index (χ1v) is 12.1. The molecule has 5 rings (SSSR count). The molecule has 8 nitrogen and oxygen atoms in total. The van der Waals surface area contributed by atoms with E-state index in [2.05, 4.69) is 74.6 Å². The average molecular weight is 471 g/mol. The number of imidazole rings is 1. The lowest BCUT2D eigenvalue weighted by molar-refractivity contribution is 0.0604. The number of allylic oxidation sites excluding steroid dienone is 2. The molecule has 1 fully saturated rings. The topological polar surface area (TPSA) is 109 Å². The molecule has 0 amide bonds. The molecule has 35 heavy (non-hydrogen) atoms. The van der Waals surface area contributed by atoms with E-state index in [-0.39, 0.29) is 23.0 Å². The lowest BCUT2D eigenvalue weighted by Crippen LogP contribution is -2.36. The van der Waals surface area contributed by atoms with Crippen LogP contribution in [0.1, 0.15) is 84.8 Å². The van der Waals surface area contributed by atoms with Crippen LogP contribution in [0.15, 0.2) is 30.5 Å². The van der Waals surface area contributed by atoms with E-state index >= 15 is 0 Å². The highest BCUT2D eigenvalue weighted by Crippen LogP contribution is 2.43. The summed E-state index contributed by atoms with van der Waals surface area (Å²) in [7, 11) is 0. The number of aromatic nitrogens is 6. The van der Waals surface area contributed by atoms with Crippen molar-refractivity contribution in [1.82, 2.24) is 30.6 Å². The fraction of sp³-hybridized carbons (Fsp3) is 0.444. The molecule has 0 bridgehead atoms. The molecule has 2 N–H and O–H groups in total. The number of nitrogens with one attached hydrogen (secondary N) is 2. The van der Waals surface area contributed by atoms with Crippen LogP contribution in [-0.4, -0.2) is 49.6 Å². The van der Waals surface area contributed by atoms with Crippen molar-refractivity contribution in [2.45, 2.75) is 57.8 Å². The molecule has 0 saturated carbocycles. The van der Waals surface area contributed by atoms with Crippen LogP contribution in [-0.2, 0) is 16.6 Å². The van der Waals surface area contributed by atoms with E-state index in [4.69, 9.17) is 11.2 Å². The van der Waals surface area contributed by atoms with Crippen molar-refractivity contribution >= 4 is 11.4 Å². The molecule has 0 atom stereocenters. The molecular formula is C27H30N6O2. The number of benzene rings is 1. The van der Waals surface area contributed by atoms with Gasteiger partial charge in [-0.3, -0.25) is 4.79 Å². The third-order valence-electron chi connectivity index (χ3n) is 7.45. The summed E-state index contributed by atoms with van der Waals surface area (Å²) in [5.74, 6) is 3.38. The maximum Gasteiger partial charge on any atom is 0.202 e. The van der Waals surface area contributed by atoms with Gasteiger partial charge in [-0.1, -0.05) is 49.3 Å². The van der Waals surface area contributed by atoms with Crippen molar-refractivity contribution in [2.75, 3.05) is 13.2 Å². The first-order chi connectivity index (χ1) is 16.9. The normalized spacial score (nSPS) is 19.1. The predicted octanol–water partition coefficient (Wildman–Crippen LogP) is 4.02. The van der Waals surface area contributed by atoms with Crippen LogP contribution in [0, 0.1) is 17.8 Å². The molecule has 1 saturated heterocycles. The van der Waals surface area contributed by atoms with Crippen LogP contribution in [0.4, 0.5) is 0 Å². The fourth-order valence-electron chi connectivity index (χ4n) is 5.17. The van der Waals surface area contributed by atoms with Gasteiger partial charge in [0.2, 0.25) is 5.78 Å². The molecule has 3 heterocycles. The molecule has 1 aliphatic carbocycles. The highest BCUT2D eigenvalue weighted by atomic mass is 16.5. The maximum absolute atomic E-state index is 13.1. The Morgan fingerprint density at radius 1 is 1.23 bits per heavy atom. The Bertz CT molecular complexity index is 1290.